The average Bonchev–Trinajstić information content (AvgIpc) is 2.74. The summed E-state index contributed by atoms with van der Waals surface area (Å²) in [6.07, 6.45) is 1.79. The molecule has 1 nitrogen and oxygen atoms in total. The first kappa shape index (κ1) is 13.8. The zero-order valence-corrected chi connectivity index (χ0v) is 10.7. The molecule has 15 heavy (non-hydrogen) atoms. The van der Waals surface area contributed by atoms with Gasteiger partial charge in [-0.2, -0.15) is 0 Å². The third-order valence-electron chi connectivity index (χ3n) is 1.48. The van der Waals surface area contributed by atoms with E-state index >= 15 is 0 Å². The molecule has 0 fully saturated rings. The molecule has 0 saturated carbocycles. The summed E-state index contributed by atoms with van der Waals surface area (Å²) in [6, 6.07) is 10.0. The lowest BCUT2D eigenvalue weighted by Gasteiger charge is -1.82. The number of aryl methyl sites for hydroxylation is 2. The molecule has 0 spiro atoms. The molecule has 0 aliphatic rings. The monoisotopic (exact) mass is 221 g/mol. The molecule has 0 radical (unpaired) electrons. The molecule has 0 unspecified atom stereocenters. The molecule has 2 heteroatoms. The molecule has 0 aliphatic carbocycles. The fourth-order valence-electron chi connectivity index (χ4n) is 0.809. The topological polar surface area (TPSA) is 12.9 Å². The van der Waals surface area contributed by atoms with Crippen LogP contribution in [-0.2, 0) is 0 Å². The largest absolute Gasteiger partial charge is 0.262 e. The summed E-state index contributed by atoms with van der Waals surface area (Å²) in [4.78, 5) is 5.36. The van der Waals surface area contributed by atoms with Gasteiger partial charge in [0.15, 0.2) is 0 Å². The fraction of sp³-hybridized carbons (Fsp3) is 0.308. The van der Waals surface area contributed by atoms with Gasteiger partial charge in [0.05, 0.1) is 0 Å². The Labute approximate surface area is 96.8 Å². The van der Waals surface area contributed by atoms with Gasteiger partial charge >= 0.3 is 0 Å². The molecular formula is C13H19NS. The molecular weight excluding hydrogens is 202 g/mol. The molecule has 0 aromatic carbocycles. The van der Waals surface area contributed by atoms with Gasteiger partial charge in [-0.25, -0.2) is 0 Å². The Balaban J connectivity index is 0.000000227. The van der Waals surface area contributed by atoms with Gasteiger partial charge in [0.2, 0.25) is 0 Å². The van der Waals surface area contributed by atoms with Crippen LogP contribution in [0.1, 0.15) is 24.4 Å². The van der Waals surface area contributed by atoms with E-state index in [-0.39, 0.29) is 0 Å². The van der Waals surface area contributed by atoms with Crippen LogP contribution in [0.25, 0.3) is 0 Å². The maximum absolute atomic E-state index is 3.98. The van der Waals surface area contributed by atoms with Crippen LogP contribution in [0, 0.1) is 13.8 Å². The van der Waals surface area contributed by atoms with Gasteiger partial charge in [-0.15, -0.1) is 11.3 Å². The predicted octanol–water partition coefficient (Wildman–Crippen LogP) is 4.47. The molecule has 2 aromatic rings. The van der Waals surface area contributed by atoms with Crippen LogP contribution in [-0.4, -0.2) is 4.98 Å². The van der Waals surface area contributed by atoms with Gasteiger partial charge in [0.1, 0.15) is 0 Å². The number of hydrogen-bond acceptors (Lipinski definition) is 2. The first-order chi connectivity index (χ1) is 7.29. The minimum absolute atomic E-state index is 1.07. The lowest BCUT2D eigenvalue weighted by molar-refractivity contribution is 1.20. The highest BCUT2D eigenvalue weighted by Crippen LogP contribution is 2.03. The molecule has 0 amide bonds. The van der Waals surface area contributed by atoms with E-state index in [0.717, 1.165) is 5.69 Å². The van der Waals surface area contributed by atoms with Crippen LogP contribution in [0.4, 0.5) is 0 Å². The second kappa shape index (κ2) is 9.41. The van der Waals surface area contributed by atoms with Crippen LogP contribution in [0.3, 0.4) is 0 Å². The van der Waals surface area contributed by atoms with Crippen LogP contribution in [0.2, 0.25) is 0 Å². The molecule has 0 bridgehead atoms. The summed E-state index contributed by atoms with van der Waals surface area (Å²) < 4.78 is 0. The fourth-order valence-corrected chi connectivity index (χ4v) is 1.34. The van der Waals surface area contributed by atoms with Crippen LogP contribution in [0.5, 0.6) is 0 Å². The van der Waals surface area contributed by atoms with Crippen molar-refractivity contribution in [3.63, 3.8) is 0 Å². The predicted molar refractivity (Wildman–Crippen MR) is 69.4 cm³/mol. The van der Waals surface area contributed by atoms with Crippen molar-refractivity contribution in [3.8, 4) is 0 Å². The number of hydrogen-bond donors (Lipinski definition) is 0. The quantitative estimate of drug-likeness (QED) is 0.639. The number of rotatable bonds is 0. The normalized spacial score (nSPS) is 8.00. The summed E-state index contributed by atoms with van der Waals surface area (Å²) in [5.74, 6) is 0. The highest BCUT2D eigenvalue weighted by atomic mass is 32.1. The third kappa shape index (κ3) is 7.89. The Bertz CT molecular complexity index is 314. The highest BCUT2D eigenvalue weighted by Gasteiger charge is 1.74. The Morgan fingerprint density at radius 2 is 1.73 bits per heavy atom. The van der Waals surface area contributed by atoms with Gasteiger partial charge in [0.25, 0.3) is 0 Å². The van der Waals surface area contributed by atoms with Gasteiger partial charge in [-0.3, -0.25) is 4.98 Å². The Hall–Kier alpha value is -1.15. The zero-order chi connectivity index (χ0) is 11.5. The maximum atomic E-state index is 3.98. The van der Waals surface area contributed by atoms with Crippen molar-refractivity contribution in [2.45, 2.75) is 27.7 Å². The number of aromatic nitrogens is 1. The van der Waals surface area contributed by atoms with E-state index in [0.29, 0.717) is 0 Å². The first-order valence-electron chi connectivity index (χ1n) is 5.17. The Morgan fingerprint density at radius 3 is 1.93 bits per heavy atom. The summed E-state index contributed by atoms with van der Waals surface area (Å²) in [5.41, 5.74) is 1.07. The number of thiophene rings is 1. The minimum Gasteiger partial charge on any atom is -0.262 e. The molecule has 2 rings (SSSR count). The summed E-state index contributed by atoms with van der Waals surface area (Å²) in [6.45, 7) is 8.07. The van der Waals surface area contributed by atoms with E-state index in [1.807, 2.05) is 39.0 Å². The molecule has 2 aromatic heterocycles. The van der Waals surface area contributed by atoms with Crippen molar-refractivity contribution in [2.24, 2.45) is 0 Å². The maximum Gasteiger partial charge on any atom is 0.0372 e. The average molecular weight is 221 g/mol. The zero-order valence-electron chi connectivity index (χ0n) is 9.90. The van der Waals surface area contributed by atoms with Crippen LogP contribution < -0.4 is 0 Å². The van der Waals surface area contributed by atoms with Crippen molar-refractivity contribution >= 4 is 11.3 Å². The van der Waals surface area contributed by atoms with Crippen LogP contribution >= 0.6 is 11.3 Å². The van der Waals surface area contributed by atoms with E-state index < -0.39 is 0 Å². The molecule has 0 aliphatic heterocycles. The van der Waals surface area contributed by atoms with Crippen molar-refractivity contribution < 1.29 is 0 Å². The highest BCUT2D eigenvalue weighted by molar-refractivity contribution is 7.09. The van der Waals surface area contributed by atoms with Crippen molar-refractivity contribution in [1.29, 1.82) is 0 Å². The smallest absolute Gasteiger partial charge is 0.0372 e. The number of nitrogens with zero attached hydrogens (tertiary/aromatic N) is 1. The van der Waals surface area contributed by atoms with Crippen molar-refractivity contribution in [1.82, 2.24) is 4.98 Å². The molecule has 0 N–H and O–H groups in total. The van der Waals surface area contributed by atoms with Gasteiger partial charge < -0.3 is 0 Å². The first-order valence-corrected chi connectivity index (χ1v) is 6.05. The van der Waals surface area contributed by atoms with Gasteiger partial charge in [0, 0.05) is 16.8 Å². The lowest BCUT2D eigenvalue weighted by atomic mass is 10.4. The van der Waals surface area contributed by atoms with Crippen molar-refractivity contribution in [2.75, 3.05) is 0 Å². The van der Waals surface area contributed by atoms with Crippen molar-refractivity contribution in [3.05, 3.63) is 52.5 Å². The lowest BCUT2D eigenvalue weighted by Crippen LogP contribution is -1.72. The molecule has 82 valence electrons. The number of pyridine rings is 1. The molecule has 2 heterocycles. The van der Waals surface area contributed by atoms with E-state index in [2.05, 4.69) is 29.4 Å². The molecule has 0 atom stereocenters. The minimum atomic E-state index is 1.07. The van der Waals surface area contributed by atoms with E-state index in [1.54, 1.807) is 17.5 Å². The third-order valence-corrected chi connectivity index (χ3v) is 2.28. The summed E-state index contributed by atoms with van der Waals surface area (Å²) >= 11 is 1.78. The second-order valence-electron chi connectivity index (χ2n) is 2.69. The van der Waals surface area contributed by atoms with E-state index in [1.165, 1.54) is 4.88 Å². The Morgan fingerprint density at radius 1 is 1.00 bits per heavy atom. The van der Waals surface area contributed by atoms with Gasteiger partial charge in [-0.1, -0.05) is 26.0 Å². The Kier molecular flexibility index (Phi) is 8.69. The van der Waals surface area contributed by atoms with Crippen LogP contribution in [0.15, 0.2) is 41.9 Å². The standard InChI is InChI=1S/C6H7N.C5H6S.C2H6/c1-6-4-2-3-5-7-6;1-5-3-2-4-6-5;1-2/h2-5H,1H3;2-4H,1H3;1-2H3. The van der Waals surface area contributed by atoms with Gasteiger partial charge in [-0.05, 0) is 37.4 Å². The van der Waals surface area contributed by atoms with E-state index in [4.69, 9.17) is 0 Å². The summed E-state index contributed by atoms with van der Waals surface area (Å²) in [7, 11) is 0. The summed E-state index contributed by atoms with van der Waals surface area (Å²) in [5, 5.41) is 2.08. The SMILES string of the molecule is CC.Cc1ccccn1.Cc1cccs1. The molecule has 0 saturated heterocycles. The van der Waals surface area contributed by atoms with E-state index in [9.17, 15) is 0 Å². The second-order valence-corrected chi connectivity index (χ2v) is 3.85.